The predicted molar refractivity (Wildman–Crippen MR) is 115 cm³/mol. The molecule has 1 aliphatic heterocycles. The number of hydrogen-bond donors (Lipinski definition) is 2. The molecule has 0 fully saturated rings. The minimum absolute atomic E-state index is 0.00260. The second-order valence-electron chi connectivity index (χ2n) is 6.22. The smallest absolute Gasteiger partial charge is 0.244 e. The van der Waals surface area contributed by atoms with Crippen LogP contribution in [0.3, 0.4) is 0 Å². The number of halogens is 2. The van der Waals surface area contributed by atoms with Crippen LogP contribution in [-0.2, 0) is 14.4 Å². The van der Waals surface area contributed by atoms with Crippen molar-refractivity contribution in [2.24, 2.45) is 0 Å². The van der Waals surface area contributed by atoms with Gasteiger partial charge in [-0.3, -0.25) is 14.4 Å². The van der Waals surface area contributed by atoms with Gasteiger partial charge in [-0.25, -0.2) is 0 Å². The molecule has 3 rings (SSSR count). The lowest BCUT2D eigenvalue weighted by Gasteiger charge is -2.25. The number of thioether (sulfide) groups is 1. The van der Waals surface area contributed by atoms with Crippen molar-refractivity contribution in [1.82, 2.24) is 4.90 Å². The van der Waals surface area contributed by atoms with Gasteiger partial charge >= 0.3 is 0 Å². The van der Waals surface area contributed by atoms with Gasteiger partial charge in [0.25, 0.3) is 0 Å². The number of anilines is 2. The number of carbonyl (C=O) groups excluding carboxylic acids is 3. The van der Waals surface area contributed by atoms with Crippen molar-refractivity contribution >= 4 is 68.4 Å². The second kappa shape index (κ2) is 8.98. The third kappa shape index (κ3) is 5.06. The Bertz CT molecular complexity index is 940. The maximum atomic E-state index is 12.5. The van der Waals surface area contributed by atoms with Crippen LogP contribution < -0.4 is 10.6 Å². The van der Waals surface area contributed by atoms with Crippen molar-refractivity contribution in [3.05, 3.63) is 52.0 Å². The zero-order chi connectivity index (χ0) is 20.3. The first-order chi connectivity index (χ1) is 13.3. The summed E-state index contributed by atoms with van der Waals surface area (Å²) in [6.45, 7) is -0.106. The highest BCUT2D eigenvalue weighted by atomic mass is 79.9. The van der Waals surface area contributed by atoms with Gasteiger partial charge in [0.05, 0.1) is 23.2 Å². The van der Waals surface area contributed by atoms with E-state index in [1.807, 2.05) is 18.2 Å². The Morgan fingerprint density at radius 2 is 2.04 bits per heavy atom. The Kier molecular flexibility index (Phi) is 6.64. The molecule has 0 bridgehead atoms. The van der Waals surface area contributed by atoms with Crippen LogP contribution in [0.25, 0.3) is 0 Å². The molecule has 2 aromatic rings. The molecule has 6 nitrogen and oxygen atoms in total. The molecule has 9 heteroatoms. The number of hydrogen-bond acceptors (Lipinski definition) is 4. The first-order valence-corrected chi connectivity index (χ1v) is 10.4. The molecule has 0 unspecified atom stereocenters. The van der Waals surface area contributed by atoms with E-state index in [-0.39, 0.29) is 30.7 Å². The van der Waals surface area contributed by atoms with E-state index in [1.54, 1.807) is 31.3 Å². The largest absolute Gasteiger partial charge is 0.336 e. The topological polar surface area (TPSA) is 78.5 Å². The maximum absolute atomic E-state index is 12.5. The fourth-order valence-electron chi connectivity index (χ4n) is 2.63. The lowest BCUT2D eigenvalue weighted by Crippen LogP contribution is -2.39. The number of nitrogens with zero attached hydrogens (tertiary/aromatic N) is 1. The maximum Gasteiger partial charge on any atom is 0.244 e. The van der Waals surface area contributed by atoms with Crippen LogP contribution in [0.2, 0.25) is 5.02 Å². The molecular formula is C19H17BrClN3O3S. The van der Waals surface area contributed by atoms with Gasteiger partial charge in [-0.2, -0.15) is 0 Å². The van der Waals surface area contributed by atoms with Crippen LogP contribution in [0.5, 0.6) is 0 Å². The van der Waals surface area contributed by atoms with E-state index in [0.29, 0.717) is 16.4 Å². The Labute approximate surface area is 180 Å². The van der Waals surface area contributed by atoms with Gasteiger partial charge in [-0.05, 0) is 46.3 Å². The Morgan fingerprint density at radius 3 is 2.79 bits per heavy atom. The molecule has 2 N–H and O–H groups in total. The standard InChI is InChI=1S/C19H17BrClN3O3S/c1-24(10-17(25)22-13-5-3-2-4-12(13)20)18(26)9-16-19(27)23-14-8-11(21)6-7-15(14)28-16/h2-8,16H,9-10H2,1H3,(H,22,25)(H,23,27)/t16-/m1/s1. The minimum Gasteiger partial charge on any atom is -0.336 e. The Hall–Kier alpha value is -2.03. The average molecular weight is 483 g/mol. The number of likely N-dealkylation sites (N-methyl/N-ethyl adjacent to an activating group) is 1. The molecule has 28 heavy (non-hydrogen) atoms. The highest BCUT2D eigenvalue weighted by Crippen LogP contribution is 2.38. The van der Waals surface area contributed by atoms with Crippen LogP contribution in [0.15, 0.2) is 51.8 Å². The lowest BCUT2D eigenvalue weighted by atomic mass is 10.2. The van der Waals surface area contributed by atoms with Gasteiger partial charge in [0.2, 0.25) is 17.7 Å². The molecule has 146 valence electrons. The first-order valence-electron chi connectivity index (χ1n) is 8.39. The predicted octanol–water partition coefficient (Wildman–Crippen LogP) is 4.00. The number of rotatable bonds is 5. The molecule has 0 radical (unpaired) electrons. The SMILES string of the molecule is CN(CC(=O)Nc1ccccc1Br)C(=O)C[C@H]1Sc2ccc(Cl)cc2NC1=O. The highest BCUT2D eigenvalue weighted by Gasteiger charge is 2.30. The summed E-state index contributed by atoms with van der Waals surface area (Å²) >= 11 is 10.6. The van der Waals surface area contributed by atoms with Gasteiger partial charge < -0.3 is 15.5 Å². The summed E-state index contributed by atoms with van der Waals surface area (Å²) < 4.78 is 0.756. The van der Waals surface area contributed by atoms with Crippen LogP contribution in [0.1, 0.15) is 6.42 Å². The van der Waals surface area contributed by atoms with Crippen molar-refractivity contribution in [1.29, 1.82) is 0 Å². The molecule has 1 heterocycles. The molecule has 0 saturated heterocycles. The fraction of sp³-hybridized carbons (Fsp3) is 0.211. The lowest BCUT2D eigenvalue weighted by molar-refractivity contribution is -0.134. The van der Waals surface area contributed by atoms with E-state index in [2.05, 4.69) is 26.6 Å². The summed E-state index contributed by atoms with van der Waals surface area (Å²) in [5.41, 5.74) is 1.28. The minimum atomic E-state index is -0.560. The van der Waals surface area contributed by atoms with E-state index < -0.39 is 5.25 Å². The van der Waals surface area contributed by atoms with E-state index in [9.17, 15) is 14.4 Å². The van der Waals surface area contributed by atoms with E-state index in [1.165, 1.54) is 16.7 Å². The van der Waals surface area contributed by atoms with Gasteiger partial charge in [-0.15, -0.1) is 11.8 Å². The highest BCUT2D eigenvalue weighted by molar-refractivity contribution is 9.10. The van der Waals surface area contributed by atoms with Crippen molar-refractivity contribution < 1.29 is 14.4 Å². The quantitative estimate of drug-likeness (QED) is 0.675. The summed E-state index contributed by atoms with van der Waals surface area (Å²) in [5, 5.41) is 5.50. The van der Waals surface area contributed by atoms with Crippen LogP contribution >= 0.6 is 39.3 Å². The van der Waals surface area contributed by atoms with E-state index >= 15 is 0 Å². The second-order valence-corrected chi connectivity index (χ2v) is 8.75. The molecule has 2 aromatic carbocycles. The van der Waals surface area contributed by atoms with Gasteiger partial charge in [0, 0.05) is 27.9 Å². The van der Waals surface area contributed by atoms with Crippen molar-refractivity contribution in [2.75, 3.05) is 24.2 Å². The summed E-state index contributed by atoms with van der Waals surface area (Å²) in [4.78, 5) is 39.2. The summed E-state index contributed by atoms with van der Waals surface area (Å²) in [7, 11) is 1.54. The van der Waals surface area contributed by atoms with Crippen molar-refractivity contribution in [2.45, 2.75) is 16.6 Å². The van der Waals surface area contributed by atoms with Gasteiger partial charge in [0.1, 0.15) is 0 Å². The Morgan fingerprint density at radius 1 is 1.29 bits per heavy atom. The summed E-state index contributed by atoms with van der Waals surface area (Å²) in [6, 6.07) is 12.5. The van der Waals surface area contributed by atoms with Gasteiger partial charge in [0.15, 0.2) is 0 Å². The average Bonchev–Trinajstić information content (AvgIpc) is 2.64. The number of fused-ring (bicyclic) bond motifs is 1. The molecule has 1 atom stereocenters. The van der Waals surface area contributed by atoms with Crippen LogP contribution in [-0.4, -0.2) is 41.5 Å². The van der Waals surface area contributed by atoms with E-state index in [4.69, 9.17) is 11.6 Å². The zero-order valence-corrected chi connectivity index (χ0v) is 18.0. The van der Waals surface area contributed by atoms with E-state index in [0.717, 1.165) is 9.37 Å². The molecule has 0 aliphatic carbocycles. The molecular weight excluding hydrogens is 466 g/mol. The van der Waals surface area contributed by atoms with Crippen molar-refractivity contribution in [3.8, 4) is 0 Å². The normalized spacial score (nSPS) is 15.4. The zero-order valence-electron chi connectivity index (χ0n) is 14.9. The number of benzene rings is 2. The fourth-order valence-corrected chi connectivity index (χ4v) is 4.27. The molecule has 0 aromatic heterocycles. The number of amides is 3. The van der Waals surface area contributed by atoms with Gasteiger partial charge in [-0.1, -0.05) is 23.7 Å². The first kappa shape index (κ1) is 20.7. The molecule has 0 saturated carbocycles. The number of nitrogens with one attached hydrogen (secondary N) is 2. The number of para-hydroxylation sites is 1. The summed E-state index contributed by atoms with van der Waals surface area (Å²) in [5.74, 6) is -0.852. The monoisotopic (exact) mass is 481 g/mol. The van der Waals surface area contributed by atoms with Crippen molar-refractivity contribution in [3.63, 3.8) is 0 Å². The number of carbonyl (C=O) groups is 3. The Balaban J connectivity index is 1.57. The third-order valence-corrected chi connectivity index (χ3v) is 6.28. The molecule has 3 amide bonds. The third-order valence-electron chi connectivity index (χ3n) is 4.08. The van der Waals surface area contributed by atoms with Crippen LogP contribution in [0.4, 0.5) is 11.4 Å². The van der Waals surface area contributed by atoms with Crippen LogP contribution in [0, 0.1) is 0 Å². The summed E-state index contributed by atoms with van der Waals surface area (Å²) in [6.07, 6.45) is -0.00260. The molecule has 1 aliphatic rings. The molecule has 0 spiro atoms.